The molecule has 1 heterocycles. The summed E-state index contributed by atoms with van der Waals surface area (Å²) in [5, 5.41) is 0. The van der Waals surface area contributed by atoms with Crippen LogP contribution in [-0.4, -0.2) is 31.3 Å². The summed E-state index contributed by atoms with van der Waals surface area (Å²) in [4.78, 5) is 1.60. The smallest absolute Gasteiger partial charge is 0.389 e. The normalized spacial score (nSPS) is 18.8. The van der Waals surface area contributed by atoms with Crippen LogP contribution in [0.15, 0.2) is 18.2 Å². The molecule has 2 rings (SSSR count). The molecule has 1 atom stereocenters. The average molecular weight is 318 g/mol. The molecule has 1 aliphatic heterocycles. The highest BCUT2D eigenvalue weighted by Gasteiger charge is 2.34. The van der Waals surface area contributed by atoms with E-state index in [4.69, 9.17) is 22.7 Å². The number of alkyl halides is 3. The largest absolute Gasteiger partial charge is 0.417 e. The van der Waals surface area contributed by atoms with Crippen molar-refractivity contribution in [3.63, 3.8) is 0 Å². The van der Waals surface area contributed by atoms with Gasteiger partial charge in [0.2, 0.25) is 0 Å². The lowest BCUT2D eigenvalue weighted by Crippen LogP contribution is -2.29. The number of likely N-dealkylation sites (N-methyl/N-ethyl adjacent to an activating group) is 1. The van der Waals surface area contributed by atoms with Gasteiger partial charge >= 0.3 is 6.18 Å². The summed E-state index contributed by atoms with van der Waals surface area (Å²) in [6.07, 6.45) is -2.37. The number of nitrogens with zero attached hydrogens (tertiary/aromatic N) is 1. The van der Waals surface area contributed by atoms with Crippen molar-refractivity contribution in [1.29, 1.82) is 0 Å². The third kappa shape index (κ3) is 3.85. The molecule has 1 fully saturated rings. The van der Waals surface area contributed by atoms with E-state index in [1.54, 1.807) is 0 Å². The molecule has 0 amide bonds. The zero-order valence-electron chi connectivity index (χ0n) is 11.6. The quantitative estimate of drug-likeness (QED) is 0.866. The lowest BCUT2D eigenvalue weighted by molar-refractivity contribution is -0.137. The summed E-state index contributed by atoms with van der Waals surface area (Å²) < 4.78 is 44.3. The predicted molar refractivity (Wildman–Crippen MR) is 79.6 cm³/mol. The molecule has 3 nitrogen and oxygen atoms in total. The number of hydrogen-bond donors (Lipinski definition) is 1. The fourth-order valence-electron chi connectivity index (χ4n) is 2.42. The van der Waals surface area contributed by atoms with E-state index >= 15 is 0 Å². The van der Waals surface area contributed by atoms with Gasteiger partial charge in [0.25, 0.3) is 0 Å². The van der Waals surface area contributed by atoms with Gasteiger partial charge in [-0.05, 0) is 31.0 Å². The summed E-state index contributed by atoms with van der Waals surface area (Å²) in [6, 6.07) is 3.84. The first kappa shape index (κ1) is 16.0. The molecule has 0 bridgehead atoms. The maximum absolute atomic E-state index is 12.9. The summed E-state index contributed by atoms with van der Waals surface area (Å²) in [7, 11) is 1.81. The van der Waals surface area contributed by atoms with E-state index in [-0.39, 0.29) is 16.7 Å². The van der Waals surface area contributed by atoms with Gasteiger partial charge in [0, 0.05) is 31.5 Å². The minimum Gasteiger partial charge on any atom is -0.389 e. The van der Waals surface area contributed by atoms with Crippen LogP contribution in [-0.2, 0) is 10.9 Å². The van der Waals surface area contributed by atoms with Crippen molar-refractivity contribution >= 4 is 22.9 Å². The highest BCUT2D eigenvalue weighted by atomic mass is 32.1. The Labute approximate surface area is 126 Å². The highest BCUT2D eigenvalue weighted by molar-refractivity contribution is 7.80. The van der Waals surface area contributed by atoms with Crippen molar-refractivity contribution < 1.29 is 17.9 Å². The third-order valence-corrected chi connectivity index (χ3v) is 3.74. The van der Waals surface area contributed by atoms with Gasteiger partial charge in [-0.1, -0.05) is 12.2 Å². The number of rotatable bonds is 4. The van der Waals surface area contributed by atoms with Crippen LogP contribution in [0.1, 0.15) is 24.0 Å². The zero-order valence-corrected chi connectivity index (χ0v) is 12.4. The Balaban J connectivity index is 2.24. The number of halogens is 3. The molecule has 7 heteroatoms. The van der Waals surface area contributed by atoms with Crippen LogP contribution in [0.2, 0.25) is 0 Å². The first-order chi connectivity index (χ1) is 9.79. The lowest BCUT2D eigenvalue weighted by Gasteiger charge is -2.24. The third-order valence-electron chi connectivity index (χ3n) is 3.52. The van der Waals surface area contributed by atoms with E-state index in [1.807, 2.05) is 11.9 Å². The molecular formula is C14H17F3N2OS. The number of hydrogen-bond acceptors (Lipinski definition) is 3. The van der Waals surface area contributed by atoms with Crippen LogP contribution < -0.4 is 10.6 Å². The van der Waals surface area contributed by atoms with Crippen LogP contribution in [0.4, 0.5) is 18.9 Å². The van der Waals surface area contributed by atoms with Gasteiger partial charge < -0.3 is 15.4 Å². The first-order valence-electron chi connectivity index (χ1n) is 6.63. The van der Waals surface area contributed by atoms with Gasteiger partial charge in [0.05, 0.1) is 11.7 Å². The van der Waals surface area contributed by atoms with Gasteiger partial charge in [-0.3, -0.25) is 0 Å². The summed E-state index contributed by atoms with van der Waals surface area (Å²) in [5.74, 6) is 0. The summed E-state index contributed by atoms with van der Waals surface area (Å²) in [5.41, 5.74) is 5.13. The summed E-state index contributed by atoms with van der Waals surface area (Å²) in [6.45, 7) is 1.37. The first-order valence-corrected chi connectivity index (χ1v) is 7.03. The molecule has 1 saturated heterocycles. The second-order valence-electron chi connectivity index (χ2n) is 5.11. The molecular weight excluding hydrogens is 301 g/mol. The lowest BCUT2D eigenvalue weighted by atomic mass is 10.1. The van der Waals surface area contributed by atoms with E-state index < -0.39 is 11.7 Å². The molecule has 1 unspecified atom stereocenters. The van der Waals surface area contributed by atoms with Crippen LogP contribution in [0, 0.1) is 0 Å². The molecule has 0 aliphatic carbocycles. The van der Waals surface area contributed by atoms with E-state index in [0.29, 0.717) is 12.2 Å². The van der Waals surface area contributed by atoms with Crippen molar-refractivity contribution in [3.8, 4) is 0 Å². The van der Waals surface area contributed by atoms with E-state index in [1.165, 1.54) is 12.1 Å². The minimum absolute atomic E-state index is 0.116. The Morgan fingerprint density at radius 3 is 2.71 bits per heavy atom. The van der Waals surface area contributed by atoms with Gasteiger partial charge in [-0.25, -0.2) is 0 Å². The summed E-state index contributed by atoms with van der Waals surface area (Å²) >= 11 is 4.74. The number of ether oxygens (including phenoxy) is 1. The molecule has 21 heavy (non-hydrogen) atoms. The molecule has 1 aromatic rings. The van der Waals surface area contributed by atoms with Gasteiger partial charge in [-0.2, -0.15) is 13.2 Å². The minimum atomic E-state index is -4.47. The molecule has 1 aliphatic rings. The molecule has 2 N–H and O–H groups in total. The van der Waals surface area contributed by atoms with E-state index in [9.17, 15) is 13.2 Å². The zero-order chi connectivity index (χ0) is 15.6. The fraction of sp³-hybridized carbons (Fsp3) is 0.500. The second-order valence-corrected chi connectivity index (χ2v) is 5.55. The van der Waals surface area contributed by atoms with Crippen molar-refractivity contribution in [2.45, 2.75) is 25.1 Å². The molecule has 0 aromatic heterocycles. The Bertz CT molecular complexity index is 527. The Hall–Kier alpha value is -1.34. The molecule has 0 spiro atoms. The van der Waals surface area contributed by atoms with Gasteiger partial charge in [-0.15, -0.1) is 0 Å². The average Bonchev–Trinajstić information content (AvgIpc) is 2.89. The number of nitrogens with two attached hydrogens (primary N) is 1. The van der Waals surface area contributed by atoms with Crippen LogP contribution in [0.25, 0.3) is 0 Å². The standard InChI is InChI=1S/C14H17F3N2OS/c1-19(8-10-3-2-6-20-10)9-4-5-12(14(15,16)17)11(7-9)13(18)21/h4-5,7,10H,2-3,6,8H2,1H3,(H2,18,21). The van der Waals surface area contributed by atoms with Crippen LogP contribution >= 0.6 is 12.2 Å². The molecule has 0 saturated carbocycles. The van der Waals surface area contributed by atoms with Gasteiger partial charge in [0.1, 0.15) is 4.99 Å². The molecule has 116 valence electrons. The monoisotopic (exact) mass is 318 g/mol. The van der Waals surface area contributed by atoms with Crippen LogP contribution in [0.5, 0.6) is 0 Å². The number of benzene rings is 1. The Morgan fingerprint density at radius 1 is 1.48 bits per heavy atom. The van der Waals surface area contributed by atoms with Crippen LogP contribution in [0.3, 0.4) is 0 Å². The predicted octanol–water partition coefficient (Wildman–Crippen LogP) is 2.95. The Morgan fingerprint density at radius 2 is 2.19 bits per heavy atom. The topological polar surface area (TPSA) is 38.5 Å². The molecule has 1 aromatic carbocycles. The van der Waals surface area contributed by atoms with Crippen molar-refractivity contribution in [2.75, 3.05) is 25.1 Å². The number of thiocarbonyl (C=S) groups is 1. The van der Waals surface area contributed by atoms with Crippen molar-refractivity contribution in [2.24, 2.45) is 5.73 Å². The molecule has 0 radical (unpaired) electrons. The van der Waals surface area contributed by atoms with Gasteiger partial charge in [0.15, 0.2) is 0 Å². The number of anilines is 1. The van der Waals surface area contributed by atoms with Crippen molar-refractivity contribution in [3.05, 3.63) is 29.3 Å². The highest BCUT2D eigenvalue weighted by Crippen LogP contribution is 2.34. The maximum Gasteiger partial charge on any atom is 0.417 e. The fourth-order valence-corrected chi connectivity index (χ4v) is 2.59. The van der Waals surface area contributed by atoms with E-state index in [2.05, 4.69) is 0 Å². The van der Waals surface area contributed by atoms with E-state index in [0.717, 1.165) is 25.5 Å². The van der Waals surface area contributed by atoms with Crippen molar-refractivity contribution in [1.82, 2.24) is 0 Å². The second kappa shape index (κ2) is 6.19. The maximum atomic E-state index is 12.9. The SMILES string of the molecule is CN(CC1CCCO1)c1ccc(C(F)(F)F)c(C(N)=S)c1. The Kier molecular flexibility index (Phi) is 4.73.